The lowest BCUT2D eigenvalue weighted by molar-refractivity contribution is -0.144. The topological polar surface area (TPSA) is 26.3 Å². The van der Waals surface area contributed by atoms with Crippen molar-refractivity contribution in [2.24, 2.45) is 0 Å². The highest BCUT2D eigenvalue weighted by atomic mass is 32.1. The molecule has 4 aromatic heterocycles. The standard InChI is InChI=1S/C52H20F24O2S2/c53-45(54,55)25-9-21(10-26(17-25)46(56,57)58)41-33-1-2-34(77-33)42(22-11-27(47(59,60)61)18-28(12-22)48(62,63)64)38-7-8-40(80-38)44(24-15-31(51(71,72)73)20-32(16-24)52(74,75)76)36-4-3-35(78-36)43(39-6-5-37(41)79-39)23-13-29(49(65,66)67)19-30(14-23)50(68,69)70/h1-20H/b41-33-,41-37?,42-34-,42-38?,43-35-,43-39?,44-36-,44-40?. The number of thiophene rings is 2. The molecule has 0 N–H and O–H groups in total. The Balaban J connectivity index is 1.53. The van der Waals surface area contributed by atoms with E-state index in [2.05, 4.69) is 0 Å². The molecule has 420 valence electrons. The molecule has 0 aliphatic carbocycles. The molecule has 0 amide bonds. The average molecular weight is 1200 g/mol. The zero-order chi connectivity index (χ0) is 58.8. The van der Waals surface area contributed by atoms with Crippen LogP contribution in [0, 0.1) is 0 Å². The maximum absolute atomic E-state index is 14.5. The molecule has 1 aliphatic rings. The molecule has 0 spiro atoms. The maximum Gasteiger partial charge on any atom is 0.416 e. The van der Waals surface area contributed by atoms with Gasteiger partial charge in [-0.05, 0) is 144 Å². The highest BCUT2D eigenvalue weighted by molar-refractivity contribution is 7.14. The van der Waals surface area contributed by atoms with Gasteiger partial charge in [-0.1, -0.05) is 0 Å². The van der Waals surface area contributed by atoms with Gasteiger partial charge in [0.05, 0.1) is 44.5 Å². The van der Waals surface area contributed by atoms with Crippen LogP contribution < -0.4 is 21.7 Å². The van der Waals surface area contributed by atoms with Gasteiger partial charge in [0.15, 0.2) is 0 Å². The fourth-order valence-corrected chi connectivity index (χ4v) is 10.7. The van der Waals surface area contributed by atoms with Crippen molar-refractivity contribution in [3.8, 4) is 0 Å². The smallest absolute Gasteiger partial charge is 0.416 e. The largest absolute Gasteiger partial charge is 0.456 e. The number of benzene rings is 4. The Morgan fingerprint density at radius 1 is 0.212 bits per heavy atom. The lowest BCUT2D eigenvalue weighted by Crippen LogP contribution is -2.15. The van der Waals surface area contributed by atoms with Gasteiger partial charge in [0.1, 0.15) is 21.7 Å². The van der Waals surface area contributed by atoms with Gasteiger partial charge in [0.25, 0.3) is 0 Å². The highest BCUT2D eigenvalue weighted by Gasteiger charge is 2.42. The van der Waals surface area contributed by atoms with Crippen molar-refractivity contribution in [1.82, 2.24) is 0 Å². The Morgan fingerprint density at radius 2 is 0.362 bits per heavy atom. The molecule has 1 aliphatic heterocycles. The Morgan fingerprint density at radius 3 is 0.500 bits per heavy atom. The minimum Gasteiger partial charge on any atom is -0.456 e. The Hall–Kier alpha value is -7.36. The van der Waals surface area contributed by atoms with E-state index in [1.54, 1.807) is 0 Å². The Bertz CT molecular complexity index is 3370. The minimum absolute atomic E-state index is 0.157. The lowest BCUT2D eigenvalue weighted by Gasteiger charge is -2.16. The van der Waals surface area contributed by atoms with Crippen LogP contribution in [0.25, 0.3) is 22.3 Å². The average Bonchev–Trinajstić information content (AvgIpc) is 4.17. The molecule has 0 saturated carbocycles. The van der Waals surface area contributed by atoms with E-state index in [0.29, 0.717) is 0 Å². The van der Waals surface area contributed by atoms with Crippen LogP contribution in [0.1, 0.15) is 86.3 Å². The SMILES string of the molecule is FC(F)(F)c1cc(/C2=c3\cc/c(o3)=C(\c3cc(C(F)(F)F)cc(C(F)(F)F)c3)c3ccc(s3)/C(c3cc(C(F)(F)F)cc(C(F)(F)F)c3)=c3/cc/c(o3)=C(\c3cc(C(F)(F)F)cc(C(F)(F)F)c3)c3ccc2s3)cc(C(F)(F)F)c1. The minimum atomic E-state index is -5.57. The number of fused-ring (bicyclic) bond motifs is 8. The van der Waals surface area contributed by atoms with Crippen LogP contribution in [0.4, 0.5) is 105 Å². The number of rotatable bonds is 4. The second-order valence-corrected chi connectivity index (χ2v) is 19.5. The third-order valence-electron chi connectivity index (χ3n) is 11.9. The molecular weight excluding hydrogens is 1180 g/mol. The van der Waals surface area contributed by atoms with Crippen LogP contribution in [0.15, 0.2) is 130 Å². The van der Waals surface area contributed by atoms with Crippen molar-refractivity contribution >= 4 is 45.0 Å². The summed E-state index contributed by atoms with van der Waals surface area (Å²) in [7, 11) is 0. The van der Waals surface area contributed by atoms with Gasteiger partial charge in [0, 0.05) is 41.8 Å². The third-order valence-corrected chi connectivity index (χ3v) is 14.1. The van der Waals surface area contributed by atoms with E-state index in [1.165, 1.54) is 0 Å². The quantitative estimate of drug-likeness (QED) is 0.164. The summed E-state index contributed by atoms with van der Waals surface area (Å²) in [5.41, 5.74) is -26.6. The lowest BCUT2D eigenvalue weighted by atomic mass is 9.97. The summed E-state index contributed by atoms with van der Waals surface area (Å²) >= 11 is 0.405. The fraction of sp³-hybridized carbons (Fsp3) is 0.154. The predicted molar refractivity (Wildman–Crippen MR) is 237 cm³/mol. The summed E-state index contributed by atoms with van der Waals surface area (Å²) in [5, 5.41) is 0. The number of furan rings is 2. The predicted octanol–water partition coefficient (Wildman–Crippen LogP) is 16.4. The molecular formula is C52H20F24O2S2. The van der Waals surface area contributed by atoms with Gasteiger partial charge in [-0.2, -0.15) is 105 Å². The molecule has 80 heavy (non-hydrogen) atoms. The van der Waals surface area contributed by atoms with Crippen LogP contribution >= 0.6 is 22.7 Å². The monoisotopic (exact) mass is 1200 g/mol. The van der Waals surface area contributed by atoms with Gasteiger partial charge < -0.3 is 8.83 Å². The number of alkyl halides is 24. The number of halogens is 24. The van der Waals surface area contributed by atoms with Crippen molar-refractivity contribution in [3.05, 3.63) is 229 Å². The van der Waals surface area contributed by atoms with E-state index in [9.17, 15) is 105 Å². The van der Waals surface area contributed by atoms with Crippen LogP contribution in [-0.2, 0) is 49.4 Å². The van der Waals surface area contributed by atoms with E-state index in [-0.39, 0.29) is 95.5 Å². The van der Waals surface area contributed by atoms with Crippen molar-refractivity contribution in [2.75, 3.05) is 0 Å². The first-order chi connectivity index (χ1) is 36.6. The molecule has 0 saturated heterocycles. The van der Waals surface area contributed by atoms with Crippen molar-refractivity contribution in [3.63, 3.8) is 0 Å². The fourth-order valence-electron chi connectivity index (χ4n) is 8.45. The zero-order valence-corrected chi connectivity index (χ0v) is 39.9. The molecule has 0 unspecified atom stereocenters. The van der Waals surface area contributed by atoms with E-state index in [0.717, 1.165) is 48.5 Å². The van der Waals surface area contributed by atoms with Crippen molar-refractivity contribution < 1.29 is 114 Å². The first-order valence-electron chi connectivity index (χ1n) is 21.7. The summed E-state index contributed by atoms with van der Waals surface area (Å²) in [4.78, 5) is -2.21. The van der Waals surface area contributed by atoms with Crippen LogP contribution in [-0.4, -0.2) is 0 Å². The Labute approximate surface area is 436 Å². The molecule has 5 heterocycles. The molecule has 9 rings (SSSR count). The molecule has 0 fully saturated rings. The summed E-state index contributed by atoms with van der Waals surface area (Å²) in [6.45, 7) is 0. The van der Waals surface area contributed by atoms with Crippen LogP contribution in [0.2, 0.25) is 0 Å². The second-order valence-electron chi connectivity index (χ2n) is 17.3. The summed E-state index contributed by atoms with van der Waals surface area (Å²) < 4.78 is 359. The van der Waals surface area contributed by atoms with E-state index in [4.69, 9.17) is 8.83 Å². The van der Waals surface area contributed by atoms with Gasteiger partial charge in [0.2, 0.25) is 0 Å². The van der Waals surface area contributed by atoms with E-state index >= 15 is 0 Å². The first-order valence-corrected chi connectivity index (χ1v) is 23.4. The maximum atomic E-state index is 14.5. The zero-order valence-electron chi connectivity index (χ0n) is 38.3. The van der Waals surface area contributed by atoms with Crippen molar-refractivity contribution in [1.29, 1.82) is 0 Å². The number of hydrogen-bond acceptors (Lipinski definition) is 4. The molecule has 4 aromatic carbocycles. The first kappa shape index (κ1) is 57.3. The number of hydrogen-bond donors (Lipinski definition) is 0. The highest BCUT2D eigenvalue weighted by Crippen LogP contribution is 2.46. The van der Waals surface area contributed by atoms with Gasteiger partial charge in [-0.3, -0.25) is 0 Å². The van der Waals surface area contributed by atoms with E-state index < -0.39 is 180 Å². The molecule has 2 nitrogen and oxygen atoms in total. The summed E-state index contributed by atoms with van der Waals surface area (Å²) in [5.74, 6) is 0. The molecule has 0 radical (unpaired) electrons. The summed E-state index contributed by atoms with van der Waals surface area (Å²) in [6.07, 6.45) is -44.6. The van der Waals surface area contributed by atoms with Gasteiger partial charge >= 0.3 is 49.4 Å². The third kappa shape index (κ3) is 11.5. The molecule has 28 heteroatoms. The van der Waals surface area contributed by atoms with Crippen LogP contribution in [0.5, 0.6) is 0 Å². The Kier molecular flexibility index (Phi) is 13.7. The molecule has 8 bridgehead atoms. The van der Waals surface area contributed by atoms with Gasteiger partial charge in [-0.15, -0.1) is 22.7 Å². The second kappa shape index (κ2) is 19.1. The molecule has 0 atom stereocenters. The summed E-state index contributed by atoms with van der Waals surface area (Å²) in [6, 6.07) is 6.57. The van der Waals surface area contributed by atoms with Gasteiger partial charge in [-0.25, -0.2) is 0 Å². The molecule has 8 aromatic rings. The van der Waals surface area contributed by atoms with E-state index in [1.807, 2.05) is 0 Å². The normalized spacial score (nSPS) is 17.1. The van der Waals surface area contributed by atoms with Crippen molar-refractivity contribution in [2.45, 2.75) is 49.4 Å². The van der Waals surface area contributed by atoms with Crippen LogP contribution in [0.3, 0.4) is 0 Å².